The quantitative estimate of drug-likeness (QED) is 0.153. The molecule has 1 heterocycles. The van der Waals surface area contributed by atoms with E-state index < -0.39 is 5.91 Å². The van der Waals surface area contributed by atoms with Crippen molar-refractivity contribution >= 4 is 41.5 Å². The lowest BCUT2D eigenvalue weighted by Crippen LogP contribution is -2.61. The molecule has 2 unspecified atom stereocenters. The summed E-state index contributed by atoms with van der Waals surface area (Å²) >= 11 is 0. The van der Waals surface area contributed by atoms with Crippen molar-refractivity contribution in [3.63, 3.8) is 0 Å². The van der Waals surface area contributed by atoms with Gasteiger partial charge in [0.15, 0.2) is 5.82 Å². The van der Waals surface area contributed by atoms with Crippen molar-refractivity contribution < 1.29 is 9.53 Å². The topological polar surface area (TPSA) is 142 Å². The third-order valence-corrected chi connectivity index (χ3v) is 6.61. The summed E-state index contributed by atoms with van der Waals surface area (Å²) in [5.74, 6) is 0.356. The van der Waals surface area contributed by atoms with Gasteiger partial charge in [0.25, 0.3) is 5.91 Å². The van der Waals surface area contributed by atoms with Crippen LogP contribution in [0.2, 0.25) is 0 Å². The molecular weight excluding hydrogens is 458 g/mol. The van der Waals surface area contributed by atoms with Gasteiger partial charge in [0.2, 0.25) is 0 Å². The lowest BCUT2D eigenvalue weighted by atomic mass is 9.87. The maximum Gasteiger partial charge on any atom is 0.330 e. The van der Waals surface area contributed by atoms with Crippen molar-refractivity contribution in [1.82, 2.24) is 19.4 Å². The lowest BCUT2D eigenvalue weighted by molar-refractivity contribution is -0.00690. The van der Waals surface area contributed by atoms with Gasteiger partial charge < -0.3 is 21.2 Å². The third-order valence-electron chi connectivity index (χ3n) is 6.61. The molecule has 1 saturated carbocycles. The summed E-state index contributed by atoms with van der Waals surface area (Å²) in [5.41, 5.74) is 10.1. The highest BCUT2D eigenvalue weighted by Crippen LogP contribution is 2.33. The Kier molecular flexibility index (Phi) is 9.45. The smallest absolute Gasteiger partial charge is 0.330 e. The second-order valence-corrected chi connectivity index (χ2v) is 9.40. The minimum atomic E-state index is -0.605. The van der Waals surface area contributed by atoms with E-state index in [1.807, 2.05) is 31.2 Å². The van der Waals surface area contributed by atoms with E-state index in [2.05, 4.69) is 46.9 Å². The first-order chi connectivity index (χ1) is 17.3. The average Bonchev–Trinajstić information content (AvgIpc) is 2.87. The summed E-state index contributed by atoms with van der Waals surface area (Å²) in [5, 5.41) is 14.2. The Labute approximate surface area is 212 Å². The molecule has 2 atom stereocenters. The second kappa shape index (κ2) is 12.5. The van der Waals surface area contributed by atoms with Crippen LogP contribution in [0.3, 0.4) is 0 Å². The summed E-state index contributed by atoms with van der Waals surface area (Å²) < 4.78 is 6.15. The number of carbonyl (C=O) groups excluding carboxylic acids is 1. The highest BCUT2D eigenvalue weighted by Gasteiger charge is 2.43. The number of primary amides is 1. The first-order valence-corrected chi connectivity index (χ1v) is 12.2. The number of rotatable bonds is 12. The zero-order valence-electron chi connectivity index (χ0n) is 21.6. The molecule has 0 radical (unpaired) electrons. The minimum absolute atomic E-state index is 0.215. The Hall–Kier alpha value is -3.41. The van der Waals surface area contributed by atoms with Crippen LogP contribution in [-0.2, 0) is 4.74 Å². The van der Waals surface area contributed by atoms with E-state index in [0.29, 0.717) is 47.0 Å². The number of hydrazone groups is 1. The van der Waals surface area contributed by atoms with E-state index in [9.17, 15) is 4.79 Å². The molecule has 1 aromatic carbocycles. The van der Waals surface area contributed by atoms with E-state index in [-0.39, 0.29) is 11.6 Å². The lowest BCUT2D eigenvalue weighted by Gasteiger charge is -2.45. The van der Waals surface area contributed by atoms with Crippen LogP contribution in [0.25, 0.3) is 0 Å². The van der Waals surface area contributed by atoms with Crippen molar-refractivity contribution in [3.8, 4) is 0 Å². The molecule has 1 aromatic heterocycles. The fourth-order valence-corrected chi connectivity index (χ4v) is 4.72. The third kappa shape index (κ3) is 6.62. The predicted octanol–water partition coefficient (Wildman–Crippen LogP) is 3.17. The number of carbonyl (C=O) groups is 1. The van der Waals surface area contributed by atoms with Crippen molar-refractivity contribution in [2.75, 3.05) is 45.2 Å². The maximum absolute atomic E-state index is 12.2. The Balaban J connectivity index is 1.92. The number of anilines is 3. The van der Waals surface area contributed by atoms with Gasteiger partial charge in [-0.15, -0.1) is 0 Å². The van der Waals surface area contributed by atoms with Crippen molar-refractivity contribution in [2.24, 2.45) is 10.8 Å². The molecule has 3 rings (SSSR count). The van der Waals surface area contributed by atoms with Crippen LogP contribution in [0.1, 0.15) is 43.0 Å². The molecule has 194 valence electrons. The number of amides is 1. The molecule has 5 N–H and O–H groups in total. The first-order valence-electron chi connectivity index (χ1n) is 12.2. The normalized spacial score (nSPS) is 18.4. The van der Waals surface area contributed by atoms with E-state index in [0.717, 1.165) is 25.5 Å². The van der Waals surface area contributed by atoms with Gasteiger partial charge in [-0.3, -0.25) is 19.6 Å². The van der Waals surface area contributed by atoms with Crippen molar-refractivity contribution in [2.45, 2.75) is 44.7 Å². The standard InChI is InChI=1S/C25H37N9O2/c1-5-36-17-33(2)21-11-6-7-12-22(21)34(3,4)25-28-16-20(23(27)35)24(31-25)30-18-9-8-10-19(15-18)32-29-14-13-26/h8-10,13-16,21-22H,5-7,11-12,17H2,1-4H3,(H4-,26,27,28,30,31,32,35)/p+1. The summed E-state index contributed by atoms with van der Waals surface area (Å²) in [7, 11) is 6.34. The Bertz CT molecular complexity index is 1070. The van der Waals surface area contributed by atoms with Crippen LogP contribution >= 0.6 is 0 Å². The number of quaternary nitrogens is 1. The number of hydrogen-bond acceptors (Lipinski definition) is 9. The Morgan fingerprint density at radius 2 is 2.08 bits per heavy atom. The van der Waals surface area contributed by atoms with Crippen LogP contribution in [0, 0.1) is 5.41 Å². The van der Waals surface area contributed by atoms with Crippen LogP contribution in [0.4, 0.5) is 23.1 Å². The number of hydrogen-bond donors (Lipinski definition) is 4. The van der Waals surface area contributed by atoms with E-state index in [1.54, 1.807) is 0 Å². The fraction of sp³-hybridized carbons (Fsp3) is 0.480. The monoisotopic (exact) mass is 496 g/mol. The maximum atomic E-state index is 12.2. The molecule has 2 aromatic rings. The Morgan fingerprint density at radius 1 is 1.33 bits per heavy atom. The van der Waals surface area contributed by atoms with Crippen LogP contribution in [0.5, 0.6) is 0 Å². The van der Waals surface area contributed by atoms with E-state index in [4.69, 9.17) is 20.9 Å². The van der Waals surface area contributed by atoms with Gasteiger partial charge in [-0.1, -0.05) is 12.5 Å². The second-order valence-electron chi connectivity index (χ2n) is 9.40. The number of aromatic nitrogens is 2. The largest absolute Gasteiger partial charge is 0.366 e. The van der Waals surface area contributed by atoms with Crippen molar-refractivity contribution in [1.29, 1.82) is 5.41 Å². The number of ether oxygens (including phenoxy) is 1. The average molecular weight is 497 g/mol. The minimum Gasteiger partial charge on any atom is -0.366 e. The van der Waals surface area contributed by atoms with Crippen molar-refractivity contribution in [3.05, 3.63) is 36.0 Å². The number of benzene rings is 1. The number of nitrogens with zero attached hydrogens (tertiary/aromatic N) is 5. The molecule has 11 nitrogen and oxygen atoms in total. The van der Waals surface area contributed by atoms with Gasteiger partial charge in [-0.2, -0.15) is 15.1 Å². The molecule has 36 heavy (non-hydrogen) atoms. The molecule has 1 amide bonds. The molecule has 0 spiro atoms. The summed E-state index contributed by atoms with van der Waals surface area (Å²) in [6.45, 7) is 3.27. The predicted molar refractivity (Wildman–Crippen MR) is 145 cm³/mol. The molecule has 11 heteroatoms. The van der Waals surface area contributed by atoms with Gasteiger partial charge in [0.05, 0.1) is 45.0 Å². The first kappa shape index (κ1) is 27.2. The number of nitrogens with two attached hydrogens (primary N) is 1. The SMILES string of the molecule is CCOCN(C)C1CCCCC1[N+](C)(C)c1ncc(C(N)=O)c(Nc2cccc(NN=CC=N)c2)n1. The van der Waals surface area contributed by atoms with Gasteiger partial charge in [0, 0.05) is 24.9 Å². The zero-order chi connectivity index (χ0) is 26.1. The van der Waals surface area contributed by atoms with Gasteiger partial charge in [0.1, 0.15) is 11.6 Å². The van der Waals surface area contributed by atoms with E-state index >= 15 is 0 Å². The highest BCUT2D eigenvalue weighted by atomic mass is 16.5. The highest BCUT2D eigenvalue weighted by molar-refractivity contribution is 6.14. The molecule has 1 aliphatic carbocycles. The van der Waals surface area contributed by atoms with Crippen LogP contribution < -0.4 is 21.0 Å². The van der Waals surface area contributed by atoms with Gasteiger partial charge in [-0.05, 0) is 45.0 Å². The summed E-state index contributed by atoms with van der Waals surface area (Å²) in [6, 6.07) is 7.95. The molecule has 0 aliphatic heterocycles. The molecule has 0 bridgehead atoms. The molecular formula is C25H38N9O2+. The zero-order valence-corrected chi connectivity index (χ0v) is 21.6. The molecule has 1 fully saturated rings. The van der Waals surface area contributed by atoms with E-state index in [1.165, 1.54) is 18.8 Å². The number of likely N-dealkylation sites (N-methyl/N-ethyl adjacent to an activating group) is 2. The van der Waals surface area contributed by atoms with Gasteiger partial charge in [-0.25, -0.2) is 0 Å². The molecule has 0 saturated heterocycles. The summed E-state index contributed by atoms with van der Waals surface area (Å²) in [6.07, 6.45) is 8.39. The Morgan fingerprint density at radius 3 is 2.81 bits per heavy atom. The number of nitrogens with one attached hydrogen (secondary N) is 3. The molecule has 1 aliphatic rings. The summed E-state index contributed by atoms with van der Waals surface area (Å²) in [4.78, 5) is 23.9. The van der Waals surface area contributed by atoms with Gasteiger partial charge >= 0.3 is 5.95 Å². The fourth-order valence-electron chi connectivity index (χ4n) is 4.72. The van der Waals surface area contributed by atoms with Crippen LogP contribution in [0.15, 0.2) is 35.6 Å². The van der Waals surface area contributed by atoms with Crippen LogP contribution in [-0.4, -0.2) is 79.8 Å².